The van der Waals surface area contributed by atoms with E-state index in [0.29, 0.717) is 0 Å². The third-order valence-electron chi connectivity index (χ3n) is 2.65. The van der Waals surface area contributed by atoms with E-state index in [2.05, 4.69) is 4.74 Å². The normalized spacial score (nSPS) is 15.5. The van der Waals surface area contributed by atoms with Crippen molar-refractivity contribution in [3.63, 3.8) is 0 Å². The molecule has 0 aliphatic rings. The molecule has 1 N–H and O–H groups in total. The van der Waals surface area contributed by atoms with E-state index in [0.717, 1.165) is 0 Å². The van der Waals surface area contributed by atoms with E-state index in [1.165, 1.54) is 18.9 Å². The molecule has 0 amide bonds. The quantitative estimate of drug-likeness (QED) is 0.609. The van der Waals surface area contributed by atoms with Gasteiger partial charge in [0.05, 0.1) is 7.11 Å². The van der Waals surface area contributed by atoms with Crippen molar-refractivity contribution in [3.8, 4) is 0 Å². The van der Waals surface area contributed by atoms with Crippen LogP contribution in [0, 0.1) is 11.3 Å². The summed E-state index contributed by atoms with van der Waals surface area (Å²) in [5, 5.41) is 9.38. The van der Waals surface area contributed by atoms with Crippen LogP contribution in [0.3, 0.4) is 0 Å². The number of aliphatic carboxylic acids is 1. The third kappa shape index (κ3) is 3.91. The Morgan fingerprint density at radius 2 is 1.76 bits per heavy atom. The van der Waals surface area contributed by atoms with Crippen molar-refractivity contribution < 1.29 is 19.4 Å². The van der Waals surface area contributed by atoms with Crippen molar-refractivity contribution >= 4 is 23.7 Å². The van der Waals surface area contributed by atoms with Gasteiger partial charge >= 0.3 is 11.9 Å². The van der Waals surface area contributed by atoms with Gasteiger partial charge in [0, 0.05) is 10.5 Å². The third-order valence-corrected chi connectivity index (χ3v) is 4.12. The van der Waals surface area contributed by atoms with Gasteiger partial charge in [-0.25, -0.2) is 0 Å². The number of hydrogen-bond acceptors (Lipinski definition) is 4. The average molecular weight is 262 g/mol. The van der Waals surface area contributed by atoms with E-state index in [9.17, 15) is 14.7 Å². The highest BCUT2D eigenvalue weighted by molar-refractivity contribution is 8.00. The van der Waals surface area contributed by atoms with Crippen molar-refractivity contribution in [1.29, 1.82) is 0 Å². The summed E-state index contributed by atoms with van der Waals surface area (Å²) in [5.41, 5.74) is -1.47. The first-order valence-electron chi connectivity index (χ1n) is 5.53. The van der Waals surface area contributed by atoms with Gasteiger partial charge in [-0.3, -0.25) is 9.59 Å². The minimum atomic E-state index is -1.47. The van der Waals surface area contributed by atoms with Gasteiger partial charge in [-0.1, -0.05) is 34.6 Å². The Morgan fingerprint density at radius 3 is 2.00 bits per heavy atom. The molecule has 0 fully saturated rings. The summed E-state index contributed by atoms with van der Waals surface area (Å²) >= 11 is 1.46. The fourth-order valence-corrected chi connectivity index (χ4v) is 2.61. The van der Waals surface area contributed by atoms with Crippen LogP contribution in [0.4, 0.5) is 0 Å². The second kappa shape index (κ2) is 5.76. The molecule has 0 aliphatic heterocycles. The first-order valence-corrected chi connectivity index (χ1v) is 6.52. The number of carbonyl (C=O) groups excluding carboxylic acids is 1. The van der Waals surface area contributed by atoms with Crippen LogP contribution in [0.15, 0.2) is 0 Å². The molecule has 0 saturated carbocycles. The number of methoxy groups -OCH3 is 1. The highest BCUT2D eigenvalue weighted by atomic mass is 32.2. The number of hydrogen-bond donors (Lipinski definition) is 1. The summed E-state index contributed by atoms with van der Waals surface area (Å²) in [6, 6.07) is 0. The van der Waals surface area contributed by atoms with Gasteiger partial charge in [0.1, 0.15) is 0 Å². The summed E-state index contributed by atoms with van der Waals surface area (Å²) < 4.78 is 4.58. The van der Waals surface area contributed by atoms with Crippen LogP contribution in [0.5, 0.6) is 0 Å². The van der Waals surface area contributed by atoms with E-state index < -0.39 is 17.4 Å². The molecule has 17 heavy (non-hydrogen) atoms. The second-order valence-electron chi connectivity index (χ2n) is 5.32. The molecule has 5 heteroatoms. The molecular formula is C12H22O4S. The van der Waals surface area contributed by atoms with E-state index in [-0.39, 0.29) is 16.4 Å². The van der Waals surface area contributed by atoms with Crippen molar-refractivity contribution in [2.24, 2.45) is 11.3 Å². The molecule has 1 atom stereocenters. The fraction of sp³-hybridized carbons (Fsp3) is 0.833. The van der Waals surface area contributed by atoms with Crippen LogP contribution in [0.2, 0.25) is 0 Å². The van der Waals surface area contributed by atoms with E-state index in [4.69, 9.17) is 0 Å². The molecule has 0 radical (unpaired) electrons. The summed E-state index contributed by atoms with van der Waals surface area (Å²) in [5.74, 6) is -1.88. The van der Waals surface area contributed by atoms with E-state index >= 15 is 0 Å². The van der Waals surface area contributed by atoms with E-state index in [1.807, 2.05) is 20.8 Å². The molecule has 0 heterocycles. The Morgan fingerprint density at radius 1 is 1.29 bits per heavy atom. The van der Waals surface area contributed by atoms with Gasteiger partial charge in [-0.15, -0.1) is 0 Å². The summed E-state index contributed by atoms with van der Waals surface area (Å²) in [4.78, 5) is 23.3. The molecule has 0 rings (SSSR count). The molecule has 0 aliphatic carbocycles. The van der Waals surface area contributed by atoms with Crippen molar-refractivity contribution in [2.75, 3.05) is 12.9 Å². The number of carboxylic acids is 1. The maximum Gasteiger partial charge on any atom is 0.324 e. The van der Waals surface area contributed by atoms with Crippen molar-refractivity contribution in [1.82, 2.24) is 0 Å². The number of ether oxygens (including phenoxy) is 1. The Labute approximate surface area is 107 Å². The summed E-state index contributed by atoms with van der Waals surface area (Å²) in [6.07, 6.45) is 0. The Bertz CT molecular complexity index is 293. The van der Waals surface area contributed by atoms with Gasteiger partial charge in [-0.2, -0.15) is 11.8 Å². The van der Waals surface area contributed by atoms with Crippen LogP contribution in [-0.2, 0) is 14.3 Å². The smallest absolute Gasteiger partial charge is 0.324 e. The lowest BCUT2D eigenvalue weighted by atomic mass is 9.79. The molecule has 4 nitrogen and oxygen atoms in total. The molecular weight excluding hydrogens is 240 g/mol. The molecule has 0 spiro atoms. The predicted octanol–water partition coefficient (Wildman–Crippen LogP) is 2.42. The topological polar surface area (TPSA) is 63.6 Å². The first kappa shape index (κ1) is 16.3. The minimum absolute atomic E-state index is 0.0936. The number of esters is 1. The van der Waals surface area contributed by atoms with Crippen molar-refractivity contribution in [3.05, 3.63) is 0 Å². The van der Waals surface area contributed by atoms with Gasteiger partial charge in [0.25, 0.3) is 0 Å². The monoisotopic (exact) mass is 262 g/mol. The Hall–Kier alpha value is -0.710. The molecule has 0 unspecified atom stereocenters. The molecule has 100 valence electrons. The SMILES string of the molecule is COC(=O)[C@@](CSC(C)(C)C)(C(=O)O)C(C)C. The molecule has 0 saturated heterocycles. The lowest BCUT2D eigenvalue weighted by Crippen LogP contribution is -2.47. The fourth-order valence-electron chi connectivity index (χ4n) is 1.37. The maximum atomic E-state index is 11.8. The van der Waals surface area contributed by atoms with Crippen LogP contribution in [-0.4, -0.2) is 34.7 Å². The lowest BCUT2D eigenvalue weighted by molar-refractivity contribution is -0.168. The Kier molecular flexibility index (Phi) is 5.52. The van der Waals surface area contributed by atoms with Gasteiger partial charge in [0.15, 0.2) is 5.41 Å². The summed E-state index contributed by atoms with van der Waals surface area (Å²) in [6.45, 7) is 9.42. The Balaban J connectivity index is 5.21. The van der Waals surface area contributed by atoms with Crippen LogP contribution >= 0.6 is 11.8 Å². The highest BCUT2D eigenvalue weighted by Gasteiger charge is 2.50. The van der Waals surface area contributed by atoms with Gasteiger partial charge in [0.2, 0.25) is 0 Å². The zero-order valence-electron chi connectivity index (χ0n) is 11.4. The van der Waals surface area contributed by atoms with Crippen LogP contribution in [0.1, 0.15) is 34.6 Å². The highest BCUT2D eigenvalue weighted by Crippen LogP contribution is 2.37. The molecule has 0 aromatic heterocycles. The van der Waals surface area contributed by atoms with Gasteiger partial charge in [-0.05, 0) is 5.92 Å². The number of carboxylic acid groups (broad SMARTS) is 1. The second-order valence-corrected chi connectivity index (χ2v) is 7.13. The van der Waals surface area contributed by atoms with Crippen LogP contribution < -0.4 is 0 Å². The average Bonchev–Trinajstić information content (AvgIpc) is 2.15. The number of thioether (sulfide) groups is 1. The lowest BCUT2D eigenvalue weighted by Gasteiger charge is -2.32. The van der Waals surface area contributed by atoms with E-state index in [1.54, 1.807) is 13.8 Å². The van der Waals surface area contributed by atoms with Crippen LogP contribution in [0.25, 0.3) is 0 Å². The van der Waals surface area contributed by atoms with Crippen molar-refractivity contribution in [2.45, 2.75) is 39.4 Å². The summed E-state index contributed by atoms with van der Waals surface area (Å²) in [7, 11) is 1.23. The maximum absolute atomic E-state index is 11.8. The standard InChI is InChI=1S/C12H22O4S/c1-8(2)12(9(13)14,10(15)16-6)7-17-11(3,4)5/h8H,7H2,1-6H3,(H,13,14)/t12-/m1/s1. The molecule has 0 aromatic carbocycles. The first-order chi connectivity index (χ1) is 7.58. The zero-order valence-corrected chi connectivity index (χ0v) is 12.2. The largest absolute Gasteiger partial charge is 0.480 e. The van der Waals surface area contributed by atoms with Gasteiger partial charge < -0.3 is 9.84 Å². The predicted molar refractivity (Wildman–Crippen MR) is 69.1 cm³/mol. The molecule has 0 bridgehead atoms. The zero-order chi connectivity index (χ0) is 13.9. The number of rotatable bonds is 5. The number of carbonyl (C=O) groups is 2. The minimum Gasteiger partial charge on any atom is -0.480 e. The molecule has 0 aromatic rings.